The zero-order valence-electron chi connectivity index (χ0n) is 14.9. The summed E-state index contributed by atoms with van der Waals surface area (Å²) in [5.41, 5.74) is 4.91. The molecule has 2 nitrogen and oxygen atoms in total. The van der Waals surface area contributed by atoms with E-state index in [1.54, 1.807) is 6.07 Å². The van der Waals surface area contributed by atoms with Crippen LogP contribution >= 0.6 is 0 Å². The number of unbranched alkanes of at least 4 members (excludes halogenated alkanes) is 1. The summed E-state index contributed by atoms with van der Waals surface area (Å²) in [5.74, 6) is 0.750. The fourth-order valence-electron chi connectivity index (χ4n) is 2.83. The molecule has 0 heterocycles. The third kappa shape index (κ3) is 3.87. The Balaban J connectivity index is 2.60. The number of phenolic OH excluding ortho intramolecular Hbond substituents is 2. The number of hydrogen-bond donors (Lipinski definition) is 2. The summed E-state index contributed by atoms with van der Waals surface area (Å²) < 4.78 is 0. The van der Waals surface area contributed by atoms with Crippen LogP contribution in [0.1, 0.15) is 57.2 Å². The van der Waals surface area contributed by atoms with Crippen LogP contribution in [0, 0.1) is 6.92 Å². The van der Waals surface area contributed by atoms with Crippen molar-refractivity contribution in [1.82, 2.24) is 0 Å². The van der Waals surface area contributed by atoms with Crippen LogP contribution in [-0.2, 0) is 11.8 Å². The lowest BCUT2D eigenvalue weighted by atomic mass is 9.82. The second-order valence-corrected chi connectivity index (χ2v) is 7.39. The van der Waals surface area contributed by atoms with Crippen LogP contribution in [0.25, 0.3) is 11.1 Å². The van der Waals surface area contributed by atoms with Crippen LogP contribution < -0.4 is 0 Å². The van der Waals surface area contributed by atoms with Crippen LogP contribution in [0.3, 0.4) is 0 Å². The molecule has 0 atom stereocenters. The Hall–Kier alpha value is -1.96. The molecule has 0 amide bonds. The van der Waals surface area contributed by atoms with Gasteiger partial charge in [-0.3, -0.25) is 0 Å². The van der Waals surface area contributed by atoms with Gasteiger partial charge in [0.1, 0.15) is 11.5 Å². The van der Waals surface area contributed by atoms with Gasteiger partial charge in [-0.1, -0.05) is 40.2 Å². The van der Waals surface area contributed by atoms with Crippen molar-refractivity contribution in [3.05, 3.63) is 47.0 Å². The second kappa shape index (κ2) is 6.66. The zero-order valence-corrected chi connectivity index (χ0v) is 14.9. The third-order valence-corrected chi connectivity index (χ3v) is 4.33. The topological polar surface area (TPSA) is 40.5 Å². The molecule has 0 aliphatic rings. The minimum atomic E-state index is -0.118. The van der Waals surface area contributed by atoms with Crippen molar-refractivity contribution in [3.8, 4) is 22.6 Å². The molecule has 2 aromatic rings. The fraction of sp³-hybridized carbons (Fsp3) is 0.429. The molecular weight excluding hydrogens is 284 g/mol. The summed E-state index contributed by atoms with van der Waals surface area (Å²) in [6.07, 6.45) is 3.05. The Morgan fingerprint density at radius 3 is 2.22 bits per heavy atom. The highest BCUT2D eigenvalue weighted by molar-refractivity contribution is 5.69. The molecule has 0 bridgehead atoms. The van der Waals surface area contributed by atoms with Gasteiger partial charge >= 0.3 is 0 Å². The monoisotopic (exact) mass is 312 g/mol. The molecule has 2 N–H and O–H groups in total. The number of hydrogen-bond acceptors (Lipinski definition) is 2. The van der Waals surface area contributed by atoms with Gasteiger partial charge in [0.05, 0.1) is 0 Å². The van der Waals surface area contributed by atoms with E-state index in [2.05, 4.69) is 39.8 Å². The van der Waals surface area contributed by atoms with Gasteiger partial charge in [0.15, 0.2) is 0 Å². The van der Waals surface area contributed by atoms with Crippen molar-refractivity contribution in [3.63, 3.8) is 0 Å². The molecule has 0 radical (unpaired) electrons. The maximum Gasteiger partial charge on any atom is 0.122 e. The van der Waals surface area contributed by atoms with E-state index < -0.39 is 0 Å². The van der Waals surface area contributed by atoms with Gasteiger partial charge in [-0.2, -0.15) is 0 Å². The maximum absolute atomic E-state index is 10.7. The SMILES string of the molecule is CCCCc1cc(-c2ccc(O)c(C)c2)cc(C(C)(C)C)c1O. The van der Waals surface area contributed by atoms with Crippen LogP contribution in [-0.4, -0.2) is 10.2 Å². The Labute approximate surface area is 139 Å². The number of rotatable bonds is 4. The molecule has 0 saturated heterocycles. The summed E-state index contributed by atoms with van der Waals surface area (Å²) in [4.78, 5) is 0. The first-order valence-electron chi connectivity index (χ1n) is 8.40. The van der Waals surface area contributed by atoms with Crippen molar-refractivity contribution in [2.75, 3.05) is 0 Å². The molecule has 124 valence electrons. The predicted molar refractivity (Wildman–Crippen MR) is 97.3 cm³/mol. The predicted octanol–water partition coefficient (Wildman–Crippen LogP) is 5.71. The standard InChI is InChI=1S/C21H28O2/c1-6-7-8-16-12-17(13-18(20(16)23)21(3,4)5)15-9-10-19(22)14(2)11-15/h9-13,22-23H,6-8H2,1-5H3. The molecule has 23 heavy (non-hydrogen) atoms. The van der Waals surface area contributed by atoms with E-state index in [9.17, 15) is 10.2 Å². The molecule has 2 rings (SSSR count). The van der Waals surface area contributed by atoms with Gasteiger partial charge in [0.2, 0.25) is 0 Å². The van der Waals surface area contributed by atoms with Crippen LogP contribution in [0.5, 0.6) is 11.5 Å². The van der Waals surface area contributed by atoms with Crippen molar-refractivity contribution < 1.29 is 10.2 Å². The van der Waals surface area contributed by atoms with Crippen molar-refractivity contribution in [2.24, 2.45) is 0 Å². The zero-order chi connectivity index (χ0) is 17.2. The highest BCUT2D eigenvalue weighted by Crippen LogP contribution is 2.38. The van der Waals surface area contributed by atoms with Gasteiger partial charge in [0, 0.05) is 5.56 Å². The minimum absolute atomic E-state index is 0.118. The molecule has 0 aliphatic heterocycles. The molecule has 0 spiro atoms. The summed E-state index contributed by atoms with van der Waals surface area (Å²) in [6, 6.07) is 9.84. The number of benzene rings is 2. The molecule has 0 aromatic heterocycles. The lowest BCUT2D eigenvalue weighted by molar-refractivity contribution is 0.439. The average molecular weight is 312 g/mol. The van der Waals surface area contributed by atoms with Gasteiger partial charge in [-0.15, -0.1) is 0 Å². The van der Waals surface area contributed by atoms with E-state index in [1.807, 2.05) is 19.1 Å². The summed E-state index contributed by atoms with van der Waals surface area (Å²) in [5, 5.41) is 20.4. The lowest BCUT2D eigenvalue weighted by Gasteiger charge is -2.23. The first-order chi connectivity index (χ1) is 10.7. The molecule has 0 unspecified atom stereocenters. The van der Waals surface area contributed by atoms with Gasteiger partial charge < -0.3 is 10.2 Å². The van der Waals surface area contributed by atoms with E-state index in [4.69, 9.17) is 0 Å². The largest absolute Gasteiger partial charge is 0.508 e. The van der Waals surface area contributed by atoms with Crippen molar-refractivity contribution >= 4 is 0 Å². The number of phenols is 2. The lowest BCUT2D eigenvalue weighted by Crippen LogP contribution is -2.12. The smallest absolute Gasteiger partial charge is 0.122 e. The maximum atomic E-state index is 10.7. The first kappa shape index (κ1) is 17.4. The Morgan fingerprint density at radius 1 is 0.957 bits per heavy atom. The van der Waals surface area contributed by atoms with Crippen molar-refractivity contribution in [1.29, 1.82) is 0 Å². The van der Waals surface area contributed by atoms with E-state index in [1.165, 1.54) is 0 Å². The fourth-order valence-corrected chi connectivity index (χ4v) is 2.83. The quantitative estimate of drug-likeness (QED) is 0.758. The van der Waals surface area contributed by atoms with Gasteiger partial charge in [0.25, 0.3) is 0 Å². The van der Waals surface area contributed by atoms with E-state index in [0.29, 0.717) is 11.5 Å². The first-order valence-corrected chi connectivity index (χ1v) is 8.40. The highest BCUT2D eigenvalue weighted by atomic mass is 16.3. The summed E-state index contributed by atoms with van der Waals surface area (Å²) in [7, 11) is 0. The Morgan fingerprint density at radius 2 is 1.65 bits per heavy atom. The molecular formula is C21H28O2. The van der Waals surface area contributed by atoms with Crippen LogP contribution in [0.2, 0.25) is 0 Å². The molecule has 2 aromatic carbocycles. The number of aromatic hydroxyl groups is 2. The summed E-state index contributed by atoms with van der Waals surface area (Å²) in [6.45, 7) is 10.4. The van der Waals surface area contributed by atoms with Crippen LogP contribution in [0.15, 0.2) is 30.3 Å². The molecule has 0 saturated carbocycles. The summed E-state index contributed by atoms with van der Waals surface area (Å²) >= 11 is 0. The average Bonchev–Trinajstić information content (AvgIpc) is 2.48. The normalized spacial score (nSPS) is 11.7. The van der Waals surface area contributed by atoms with E-state index in [0.717, 1.165) is 47.1 Å². The van der Waals surface area contributed by atoms with E-state index in [-0.39, 0.29) is 5.41 Å². The minimum Gasteiger partial charge on any atom is -0.508 e. The molecule has 2 heteroatoms. The Kier molecular flexibility index (Phi) is 5.03. The van der Waals surface area contributed by atoms with E-state index >= 15 is 0 Å². The highest BCUT2D eigenvalue weighted by Gasteiger charge is 2.21. The van der Waals surface area contributed by atoms with Gasteiger partial charge in [-0.25, -0.2) is 0 Å². The number of aryl methyl sites for hydroxylation is 2. The van der Waals surface area contributed by atoms with Gasteiger partial charge in [-0.05, 0) is 71.7 Å². The van der Waals surface area contributed by atoms with Crippen LogP contribution in [0.4, 0.5) is 0 Å². The Bertz CT molecular complexity index is 694. The molecule has 0 fully saturated rings. The second-order valence-electron chi connectivity index (χ2n) is 7.39. The van der Waals surface area contributed by atoms with Crippen molar-refractivity contribution in [2.45, 2.75) is 59.3 Å². The third-order valence-electron chi connectivity index (χ3n) is 4.33. The molecule has 0 aliphatic carbocycles.